The molecule has 4 fully saturated rings. The third kappa shape index (κ3) is 2.67. The smallest absolute Gasteiger partial charge is 0.166 e. The summed E-state index contributed by atoms with van der Waals surface area (Å²) in [6.07, 6.45) is 12.3. The lowest BCUT2D eigenvalue weighted by atomic mass is 9.44. The summed E-state index contributed by atoms with van der Waals surface area (Å²) in [5.41, 5.74) is 1.76. The van der Waals surface area contributed by atoms with Crippen LogP contribution in [0.25, 0.3) is 0 Å². The normalized spacial score (nSPS) is 47.7. The lowest BCUT2D eigenvalue weighted by Gasteiger charge is -2.61. The summed E-state index contributed by atoms with van der Waals surface area (Å²) in [4.78, 5) is 13.4. The van der Waals surface area contributed by atoms with Crippen LogP contribution in [0.15, 0.2) is 30.3 Å². The van der Waals surface area contributed by atoms with Crippen molar-refractivity contribution in [2.45, 2.75) is 78.6 Å². The zero-order chi connectivity index (χ0) is 19.5. The number of benzene rings is 1. The number of hydrogen-bond acceptors (Lipinski definition) is 1. The molecule has 4 aliphatic rings. The van der Waals surface area contributed by atoms with Crippen LogP contribution in [-0.2, 0) is 0 Å². The maximum Gasteiger partial charge on any atom is 0.166 e. The SMILES string of the molecule is CC1CCC2(C)C(CCC3C2CCC2(C)C3CC[C@@H]2C(=O)c2ccccc2)C1. The number of ketones is 1. The van der Waals surface area contributed by atoms with Gasteiger partial charge in [0.25, 0.3) is 0 Å². The van der Waals surface area contributed by atoms with Gasteiger partial charge in [-0.2, -0.15) is 0 Å². The summed E-state index contributed by atoms with van der Waals surface area (Å²) >= 11 is 0. The van der Waals surface area contributed by atoms with Crippen LogP contribution in [0.1, 0.15) is 88.9 Å². The van der Waals surface area contributed by atoms with E-state index in [0.29, 0.717) is 11.2 Å². The summed E-state index contributed by atoms with van der Waals surface area (Å²) in [5.74, 6) is 5.14. The molecule has 1 nitrogen and oxygen atoms in total. The minimum atomic E-state index is 0.235. The monoisotopic (exact) mass is 378 g/mol. The molecule has 7 unspecified atom stereocenters. The van der Waals surface area contributed by atoms with Crippen molar-refractivity contribution in [2.24, 2.45) is 46.3 Å². The zero-order valence-electron chi connectivity index (χ0n) is 18.1. The first-order valence-electron chi connectivity index (χ1n) is 12.0. The van der Waals surface area contributed by atoms with Gasteiger partial charge in [0.2, 0.25) is 0 Å². The van der Waals surface area contributed by atoms with Gasteiger partial charge in [0.1, 0.15) is 0 Å². The zero-order valence-corrected chi connectivity index (χ0v) is 18.1. The molecule has 4 saturated carbocycles. The van der Waals surface area contributed by atoms with Crippen LogP contribution in [0.3, 0.4) is 0 Å². The molecule has 0 saturated heterocycles. The van der Waals surface area contributed by atoms with Crippen LogP contribution in [0.2, 0.25) is 0 Å². The van der Waals surface area contributed by atoms with Crippen molar-refractivity contribution in [3.63, 3.8) is 0 Å². The van der Waals surface area contributed by atoms with Crippen molar-refractivity contribution in [3.8, 4) is 0 Å². The number of fused-ring (bicyclic) bond motifs is 5. The fraction of sp³-hybridized carbons (Fsp3) is 0.741. The molecule has 0 heterocycles. The Bertz CT molecular complexity index is 738. The van der Waals surface area contributed by atoms with Gasteiger partial charge in [-0.15, -0.1) is 0 Å². The van der Waals surface area contributed by atoms with Gasteiger partial charge in [-0.3, -0.25) is 4.79 Å². The van der Waals surface area contributed by atoms with Crippen LogP contribution in [0.5, 0.6) is 0 Å². The topological polar surface area (TPSA) is 17.1 Å². The molecule has 152 valence electrons. The van der Waals surface area contributed by atoms with Crippen LogP contribution in [0, 0.1) is 46.3 Å². The summed E-state index contributed by atoms with van der Waals surface area (Å²) in [6, 6.07) is 10.1. The van der Waals surface area contributed by atoms with Crippen molar-refractivity contribution < 1.29 is 4.79 Å². The molecule has 0 amide bonds. The predicted molar refractivity (Wildman–Crippen MR) is 115 cm³/mol. The van der Waals surface area contributed by atoms with E-state index in [4.69, 9.17) is 0 Å². The Labute approximate surface area is 171 Å². The van der Waals surface area contributed by atoms with Gasteiger partial charge in [-0.25, -0.2) is 0 Å². The predicted octanol–water partition coefficient (Wildman–Crippen LogP) is 7.16. The largest absolute Gasteiger partial charge is 0.294 e. The van der Waals surface area contributed by atoms with E-state index in [9.17, 15) is 4.79 Å². The van der Waals surface area contributed by atoms with Crippen LogP contribution in [0.4, 0.5) is 0 Å². The van der Waals surface area contributed by atoms with E-state index in [0.717, 1.165) is 41.6 Å². The highest BCUT2D eigenvalue weighted by Gasteiger charge is 2.61. The number of hydrogen-bond donors (Lipinski definition) is 0. The van der Waals surface area contributed by atoms with E-state index in [2.05, 4.69) is 20.8 Å². The first kappa shape index (κ1) is 18.9. The van der Waals surface area contributed by atoms with Crippen molar-refractivity contribution in [3.05, 3.63) is 35.9 Å². The van der Waals surface area contributed by atoms with E-state index in [1.807, 2.05) is 30.3 Å². The minimum absolute atomic E-state index is 0.235. The van der Waals surface area contributed by atoms with Gasteiger partial charge in [0.15, 0.2) is 5.78 Å². The molecule has 0 spiro atoms. The minimum Gasteiger partial charge on any atom is -0.294 e. The summed E-state index contributed by atoms with van der Waals surface area (Å²) < 4.78 is 0. The highest BCUT2D eigenvalue weighted by molar-refractivity contribution is 5.98. The molecule has 1 aromatic carbocycles. The van der Waals surface area contributed by atoms with Gasteiger partial charge >= 0.3 is 0 Å². The Kier molecular flexibility index (Phi) is 4.53. The van der Waals surface area contributed by atoms with E-state index < -0.39 is 0 Å². The van der Waals surface area contributed by atoms with Gasteiger partial charge in [0, 0.05) is 11.5 Å². The molecule has 0 bridgehead atoms. The average Bonchev–Trinajstić information content (AvgIpc) is 3.06. The van der Waals surface area contributed by atoms with Gasteiger partial charge in [-0.1, -0.05) is 57.5 Å². The Morgan fingerprint density at radius 2 is 1.57 bits per heavy atom. The van der Waals surface area contributed by atoms with E-state index in [-0.39, 0.29) is 11.3 Å². The second kappa shape index (κ2) is 6.71. The number of carbonyl (C=O) groups excluding carboxylic acids is 1. The van der Waals surface area contributed by atoms with E-state index in [1.54, 1.807) is 0 Å². The third-order valence-electron chi connectivity index (χ3n) is 10.3. The Hall–Kier alpha value is -1.11. The van der Waals surface area contributed by atoms with Gasteiger partial charge < -0.3 is 0 Å². The standard InChI is InChI=1S/C27H38O/c1-18-13-15-26(2)20(17-18)9-10-21-22-11-12-24(27(22,3)16-14-23(21)26)25(28)19-7-5-4-6-8-19/h4-8,18,20-24H,9-17H2,1-3H3/t18?,20?,21?,22?,23?,24-,26?,27?/m1/s1. The van der Waals surface area contributed by atoms with Gasteiger partial charge in [-0.05, 0) is 91.8 Å². The maximum absolute atomic E-state index is 13.4. The number of rotatable bonds is 2. The first-order chi connectivity index (χ1) is 13.4. The quantitative estimate of drug-likeness (QED) is 0.499. The molecule has 8 atom stereocenters. The highest BCUT2D eigenvalue weighted by Crippen LogP contribution is 2.67. The number of Topliss-reactive ketones (excluding diaryl/α,β-unsaturated/α-hetero) is 1. The molecule has 4 aliphatic carbocycles. The Morgan fingerprint density at radius 3 is 2.36 bits per heavy atom. The molecular formula is C27H38O. The van der Waals surface area contributed by atoms with Crippen molar-refractivity contribution >= 4 is 5.78 Å². The van der Waals surface area contributed by atoms with Crippen LogP contribution >= 0.6 is 0 Å². The molecule has 5 rings (SSSR count). The second-order valence-corrected chi connectivity index (χ2v) is 11.4. The molecular weight excluding hydrogens is 340 g/mol. The molecule has 0 N–H and O–H groups in total. The van der Waals surface area contributed by atoms with Crippen molar-refractivity contribution in [1.82, 2.24) is 0 Å². The summed E-state index contributed by atoms with van der Waals surface area (Å²) in [6.45, 7) is 7.62. The lowest BCUT2D eigenvalue weighted by molar-refractivity contribution is -0.114. The van der Waals surface area contributed by atoms with Crippen molar-refractivity contribution in [1.29, 1.82) is 0 Å². The first-order valence-corrected chi connectivity index (χ1v) is 12.0. The van der Waals surface area contributed by atoms with Crippen LogP contribution in [-0.4, -0.2) is 5.78 Å². The number of carbonyl (C=O) groups is 1. The lowest BCUT2D eigenvalue weighted by Crippen LogP contribution is -2.53. The van der Waals surface area contributed by atoms with E-state index >= 15 is 0 Å². The third-order valence-corrected chi connectivity index (χ3v) is 10.3. The fourth-order valence-corrected chi connectivity index (χ4v) is 8.71. The average molecular weight is 379 g/mol. The van der Waals surface area contributed by atoms with Gasteiger partial charge in [0.05, 0.1) is 0 Å². The molecule has 0 aromatic heterocycles. The molecule has 1 heteroatoms. The van der Waals surface area contributed by atoms with Crippen molar-refractivity contribution in [2.75, 3.05) is 0 Å². The highest BCUT2D eigenvalue weighted by atomic mass is 16.1. The molecule has 0 aliphatic heterocycles. The Balaban J connectivity index is 1.41. The fourth-order valence-electron chi connectivity index (χ4n) is 8.71. The van der Waals surface area contributed by atoms with E-state index in [1.165, 1.54) is 51.4 Å². The molecule has 0 radical (unpaired) electrons. The molecule has 28 heavy (non-hydrogen) atoms. The van der Waals surface area contributed by atoms with Crippen LogP contribution < -0.4 is 0 Å². The second-order valence-electron chi connectivity index (χ2n) is 11.4. The molecule has 1 aromatic rings. The Morgan fingerprint density at radius 1 is 0.857 bits per heavy atom. The summed E-state index contributed by atoms with van der Waals surface area (Å²) in [7, 11) is 0. The summed E-state index contributed by atoms with van der Waals surface area (Å²) in [5, 5.41) is 0. The maximum atomic E-state index is 13.4.